The van der Waals surface area contributed by atoms with E-state index in [-0.39, 0.29) is 5.92 Å². The molecule has 0 unspecified atom stereocenters. The first-order valence-corrected chi connectivity index (χ1v) is 10.4. The number of hydrogen-bond donors (Lipinski definition) is 0. The Morgan fingerprint density at radius 2 is 1.93 bits per heavy atom. The number of fused-ring (bicyclic) bond motifs is 1. The summed E-state index contributed by atoms with van der Waals surface area (Å²) in [7, 11) is 1.74. The van der Waals surface area contributed by atoms with Crippen molar-refractivity contribution in [3.63, 3.8) is 0 Å². The molecule has 150 valence electrons. The second-order valence-corrected chi connectivity index (χ2v) is 8.14. The molecule has 1 aromatic carbocycles. The topological polar surface area (TPSA) is 58.6 Å². The molecule has 0 aliphatic carbocycles. The van der Waals surface area contributed by atoms with E-state index in [1.807, 2.05) is 25.1 Å². The molecule has 3 heterocycles. The summed E-state index contributed by atoms with van der Waals surface area (Å²) in [4.78, 5) is 26.8. The summed E-state index contributed by atoms with van der Waals surface area (Å²) in [6, 6.07) is 8.14. The van der Waals surface area contributed by atoms with Crippen LogP contribution < -0.4 is 4.90 Å². The fraction of sp³-hybridized carbons (Fsp3) is 0.591. The maximum absolute atomic E-state index is 13.0. The number of carbonyl (C=O) groups excluding carboxylic acids is 1. The van der Waals surface area contributed by atoms with Crippen LogP contribution in [0.25, 0.3) is 10.9 Å². The van der Waals surface area contributed by atoms with Crippen LogP contribution in [0, 0.1) is 18.8 Å². The lowest BCUT2D eigenvalue weighted by Crippen LogP contribution is -2.47. The predicted octanol–water partition coefficient (Wildman–Crippen LogP) is 3.04. The van der Waals surface area contributed by atoms with Crippen LogP contribution in [0.4, 0.5) is 5.95 Å². The fourth-order valence-corrected chi connectivity index (χ4v) is 4.58. The molecule has 2 aromatic rings. The Bertz CT molecular complexity index is 830. The average molecular weight is 383 g/mol. The number of rotatable bonds is 4. The Balaban J connectivity index is 1.39. The zero-order valence-corrected chi connectivity index (χ0v) is 16.9. The van der Waals surface area contributed by atoms with Crippen LogP contribution in [0.15, 0.2) is 24.3 Å². The average Bonchev–Trinajstić information content (AvgIpc) is 2.74. The van der Waals surface area contributed by atoms with E-state index < -0.39 is 0 Å². The summed E-state index contributed by atoms with van der Waals surface area (Å²) in [6.45, 7) is 6.20. The number of ether oxygens (including phenoxy) is 1. The molecule has 0 saturated carbocycles. The monoisotopic (exact) mass is 382 g/mol. The molecule has 6 nitrogen and oxygen atoms in total. The zero-order chi connectivity index (χ0) is 19.5. The number of piperidine rings is 2. The quantitative estimate of drug-likeness (QED) is 0.813. The van der Waals surface area contributed by atoms with Crippen molar-refractivity contribution in [2.24, 2.45) is 11.8 Å². The first kappa shape index (κ1) is 19.1. The number of aryl methyl sites for hydroxylation is 1. The Morgan fingerprint density at radius 1 is 1.14 bits per heavy atom. The molecule has 1 atom stereocenters. The SMILES string of the molecule is COC[C@H]1CCCN(C(=O)C2CCN(c3nc(C)c4ccccc4n3)CC2)C1. The maximum Gasteiger partial charge on any atom is 0.226 e. The van der Waals surface area contributed by atoms with E-state index in [9.17, 15) is 4.79 Å². The van der Waals surface area contributed by atoms with Gasteiger partial charge >= 0.3 is 0 Å². The minimum absolute atomic E-state index is 0.124. The van der Waals surface area contributed by atoms with Gasteiger partial charge in [0.15, 0.2) is 0 Å². The number of hydrogen-bond acceptors (Lipinski definition) is 5. The number of benzene rings is 1. The highest BCUT2D eigenvalue weighted by molar-refractivity contribution is 5.82. The third-order valence-corrected chi connectivity index (χ3v) is 6.14. The van der Waals surface area contributed by atoms with Crippen molar-refractivity contribution in [2.45, 2.75) is 32.6 Å². The first-order valence-electron chi connectivity index (χ1n) is 10.4. The number of amides is 1. The maximum atomic E-state index is 13.0. The van der Waals surface area contributed by atoms with Gasteiger partial charge in [0.2, 0.25) is 11.9 Å². The minimum Gasteiger partial charge on any atom is -0.384 e. The molecule has 1 amide bonds. The third kappa shape index (κ3) is 3.97. The van der Waals surface area contributed by atoms with Crippen LogP contribution in [-0.2, 0) is 9.53 Å². The van der Waals surface area contributed by atoms with Gasteiger partial charge in [-0.05, 0) is 44.6 Å². The van der Waals surface area contributed by atoms with Crippen LogP contribution >= 0.6 is 0 Å². The van der Waals surface area contributed by atoms with Gasteiger partial charge in [0.1, 0.15) is 0 Å². The Hall–Kier alpha value is -2.21. The standard InChI is InChI=1S/C22H30N4O2/c1-16-19-7-3-4-8-20(19)24-22(23-16)25-12-9-18(10-13-25)21(27)26-11-5-6-17(14-26)15-28-2/h3-4,7-8,17-18H,5-6,9-15H2,1-2H3/t17-/m0/s1. The molecule has 2 fully saturated rings. The number of carbonyl (C=O) groups is 1. The highest BCUT2D eigenvalue weighted by atomic mass is 16.5. The Morgan fingerprint density at radius 3 is 2.71 bits per heavy atom. The van der Waals surface area contributed by atoms with Gasteiger partial charge in [0, 0.05) is 44.6 Å². The van der Waals surface area contributed by atoms with E-state index in [0.29, 0.717) is 11.8 Å². The molecule has 6 heteroatoms. The van der Waals surface area contributed by atoms with E-state index in [4.69, 9.17) is 14.7 Å². The van der Waals surface area contributed by atoms with Crippen LogP contribution in [0.3, 0.4) is 0 Å². The highest BCUT2D eigenvalue weighted by Crippen LogP contribution is 2.27. The summed E-state index contributed by atoms with van der Waals surface area (Å²) in [5, 5.41) is 1.10. The van der Waals surface area contributed by atoms with Crippen LogP contribution in [0.2, 0.25) is 0 Å². The van der Waals surface area contributed by atoms with Crippen molar-refractivity contribution in [2.75, 3.05) is 44.8 Å². The fourth-order valence-electron chi connectivity index (χ4n) is 4.58. The number of aromatic nitrogens is 2. The minimum atomic E-state index is 0.124. The molecule has 0 N–H and O–H groups in total. The summed E-state index contributed by atoms with van der Waals surface area (Å²) >= 11 is 0. The molecule has 0 bridgehead atoms. The predicted molar refractivity (Wildman–Crippen MR) is 110 cm³/mol. The first-order chi connectivity index (χ1) is 13.7. The van der Waals surface area contributed by atoms with Crippen molar-refractivity contribution >= 4 is 22.8 Å². The van der Waals surface area contributed by atoms with Gasteiger partial charge in [-0.15, -0.1) is 0 Å². The largest absolute Gasteiger partial charge is 0.384 e. The Labute approximate surface area is 166 Å². The van der Waals surface area contributed by atoms with Crippen molar-refractivity contribution in [3.05, 3.63) is 30.0 Å². The van der Waals surface area contributed by atoms with Gasteiger partial charge < -0.3 is 14.5 Å². The summed E-state index contributed by atoms with van der Waals surface area (Å²) in [5.74, 6) is 1.73. The molecule has 28 heavy (non-hydrogen) atoms. The van der Waals surface area contributed by atoms with Crippen molar-refractivity contribution < 1.29 is 9.53 Å². The molecular weight excluding hydrogens is 352 g/mol. The highest BCUT2D eigenvalue weighted by Gasteiger charge is 2.32. The van der Waals surface area contributed by atoms with Gasteiger partial charge in [-0.3, -0.25) is 4.79 Å². The summed E-state index contributed by atoms with van der Waals surface area (Å²) in [5.41, 5.74) is 2.00. The lowest BCUT2D eigenvalue weighted by Gasteiger charge is -2.37. The number of para-hydroxylation sites is 1. The second kappa shape index (κ2) is 8.43. The smallest absolute Gasteiger partial charge is 0.226 e. The molecule has 2 aliphatic heterocycles. The van der Waals surface area contributed by atoms with Crippen LogP contribution in [0.5, 0.6) is 0 Å². The van der Waals surface area contributed by atoms with E-state index in [2.05, 4.69) is 15.9 Å². The third-order valence-electron chi connectivity index (χ3n) is 6.14. The summed E-state index contributed by atoms with van der Waals surface area (Å²) in [6.07, 6.45) is 4.00. The lowest BCUT2D eigenvalue weighted by atomic mass is 9.92. The van der Waals surface area contributed by atoms with Gasteiger partial charge in [0.05, 0.1) is 17.8 Å². The lowest BCUT2D eigenvalue weighted by molar-refractivity contribution is -0.138. The van der Waals surface area contributed by atoms with Crippen molar-refractivity contribution in [1.29, 1.82) is 0 Å². The number of likely N-dealkylation sites (tertiary alicyclic amines) is 1. The molecule has 2 saturated heterocycles. The number of methoxy groups -OCH3 is 1. The van der Waals surface area contributed by atoms with Gasteiger partial charge in [-0.25, -0.2) is 9.97 Å². The second-order valence-electron chi connectivity index (χ2n) is 8.14. The molecule has 1 aromatic heterocycles. The van der Waals surface area contributed by atoms with Crippen molar-refractivity contribution in [1.82, 2.24) is 14.9 Å². The number of anilines is 1. The molecule has 0 spiro atoms. The molecule has 0 radical (unpaired) electrons. The van der Waals surface area contributed by atoms with E-state index in [1.165, 1.54) is 0 Å². The van der Waals surface area contributed by atoms with E-state index in [0.717, 1.165) is 81.0 Å². The number of nitrogens with zero attached hydrogens (tertiary/aromatic N) is 4. The van der Waals surface area contributed by atoms with E-state index >= 15 is 0 Å². The van der Waals surface area contributed by atoms with Gasteiger partial charge in [-0.1, -0.05) is 18.2 Å². The van der Waals surface area contributed by atoms with Gasteiger partial charge in [0.25, 0.3) is 0 Å². The van der Waals surface area contributed by atoms with Crippen molar-refractivity contribution in [3.8, 4) is 0 Å². The van der Waals surface area contributed by atoms with Crippen LogP contribution in [0.1, 0.15) is 31.4 Å². The van der Waals surface area contributed by atoms with Gasteiger partial charge in [-0.2, -0.15) is 0 Å². The molecular formula is C22H30N4O2. The normalized spacial score (nSPS) is 21.3. The summed E-state index contributed by atoms with van der Waals surface area (Å²) < 4.78 is 5.30. The molecule has 2 aliphatic rings. The molecule has 4 rings (SSSR count). The Kier molecular flexibility index (Phi) is 5.76. The van der Waals surface area contributed by atoms with Crippen LogP contribution in [-0.4, -0.2) is 60.7 Å². The van der Waals surface area contributed by atoms with E-state index in [1.54, 1.807) is 7.11 Å². The zero-order valence-electron chi connectivity index (χ0n) is 16.9.